The van der Waals surface area contributed by atoms with Crippen LogP contribution in [0.1, 0.15) is 15.9 Å². The van der Waals surface area contributed by atoms with E-state index in [9.17, 15) is 4.79 Å². The molecule has 0 unspecified atom stereocenters. The summed E-state index contributed by atoms with van der Waals surface area (Å²) < 4.78 is 10.6. The van der Waals surface area contributed by atoms with Crippen LogP contribution in [0.3, 0.4) is 0 Å². The summed E-state index contributed by atoms with van der Waals surface area (Å²) in [5.74, 6) is 0.135. The Morgan fingerprint density at radius 3 is 2.50 bits per heavy atom. The van der Waals surface area contributed by atoms with Crippen molar-refractivity contribution in [1.29, 1.82) is 0 Å². The number of ether oxygens (including phenoxy) is 2. The smallest absolute Gasteiger partial charge is 0.342 e. The summed E-state index contributed by atoms with van der Waals surface area (Å²) in [5, 5.41) is 2.23. The van der Waals surface area contributed by atoms with Gasteiger partial charge in [-0.15, -0.1) is 0 Å². The zero-order valence-electron chi connectivity index (χ0n) is 12.3. The Morgan fingerprint density at radius 1 is 0.909 bits per heavy atom. The van der Waals surface area contributed by atoms with Crippen LogP contribution < -0.4 is 4.74 Å². The molecule has 0 saturated heterocycles. The van der Waals surface area contributed by atoms with Gasteiger partial charge in [0.2, 0.25) is 0 Å². The first kappa shape index (κ1) is 14.1. The predicted octanol–water partition coefficient (Wildman–Crippen LogP) is 4.21. The monoisotopic (exact) mass is 292 g/mol. The Kier molecular flexibility index (Phi) is 4.05. The molecule has 0 aliphatic carbocycles. The lowest BCUT2D eigenvalue weighted by molar-refractivity contribution is 0.0471. The van der Waals surface area contributed by atoms with Gasteiger partial charge in [-0.1, -0.05) is 54.6 Å². The summed E-state index contributed by atoms with van der Waals surface area (Å²) in [6.07, 6.45) is 0. The molecule has 0 heterocycles. The van der Waals surface area contributed by atoms with E-state index >= 15 is 0 Å². The van der Waals surface area contributed by atoms with Crippen LogP contribution in [0.2, 0.25) is 0 Å². The first-order valence-corrected chi connectivity index (χ1v) is 7.06. The fraction of sp³-hybridized carbons (Fsp3) is 0.105. The lowest BCUT2D eigenvalue weighted by atomic mass is 10.1. The van der Waals surface area contributed by atoms with E-state index in [2.05, 4.69) is 0 Å². The first-order chi connectivity index (χ1) is 10.8. The summed E-state index contributed by atoms with van der Waals surface area (Å²) in [5.41, 5.74) is 1.42. The molecule has 0 aliphatic heterocycles. The van der Waals surface area contributed by atoms with Crippen LogP contribution in [0.15, 0.2) is 66.7 Å². The highest BCUT2D eigenvalue weighted by Gasteiger charge is 2.13. The normalized spacial score (nSPS) is 10.4. The largest absolute Gasteiger partial charge is 0.496 e. The Morgan fingerprint density at radius 2 is 1.64 bits per heavy atom. The van der Waals surface area contributed by atoms with E-state index in [1.807, 2.05) is 48.5 Å². The highest BCUT2D eigenvalue weighted by Crippen LogP contribution is 2.22. The van der Waals surface area contributed by atoms with Crippen molar-refractivity contribution in [1.82, 2.24) is 0 Å². The summed E-state index contributed by atoms with van der Waals surface area (Å²) in [6.45, 7) is 0.234. The van der Waals surface area contributed by atoms with Crippen molar-refractivity contribution in [3.63, 3.8) is 0 Å². The second kappa shape index (κ2) is 6.31. The standard InChI is InChI=1S/C19H16O3/c1-21-18-12-5-4-11-17(18)19(20)22-13-15-9-6-8-14-7-2-3-10-16(14)15/h2-12H,13H2,1H3. The fourth-order valence-electron chi connectivity index (χ4n) is 2.45. The van der Waals surface area contributed by atoms with Crippen LogP contribution in [0.5, 0.6) is 5.75 Å². The number of esters is 1. The Balaban J connectivity index is 1.81. The molecule has 110 valence electrons. The van der Waals surface area contributed by atoms with Crippen molar-refractivity contribution >= 4 is 16.7 Å². The van der Waals surface area contributed by atoms with Gasteiger partial charge in [0.1, 0.15) is 17.9 Å². The van der Waals surface area contributed by atoms with E-state index in [1.165, 1.54) is 7.11 Å². The van der Waals surface area contributed by atoms with Gasteiger partial charge in [0, 0.05) is 0 Å². The van der Waals surface area contributed by atoms with E-state index in [0.29, 0.717) is 11.3 Å². The highest BCUT2D eigenvalue weighted by molar-refractivity contribution is 5.92. The number of carbonyl (C=O) groups is 1. The van der Waals surface area contributed by atoms with Crippen molar-refractivity contribution < 1.29 is 14.3 Å². The fourth-order valence-corrected chi connectivity index (χ4v) is 2.45. The van der Waals surface area contributed by atoms with Crippen LogP contribution in [0.25, 0.3) is 10.8 Å². The topological polar surface area (TPSA) is 35.5 Å². The molecule has 22 heavy (non-hydrogen) atoms. The number of carbonyl (C=O) groups excluding carboxylic acids is 1. The van der Waals surface area contributed by atoms with Gasteiger partial charge >= 0.3 is 5.97 Å². The highest BCUT2D eigenvalue weighted by atomic mass is 16.5. The molecule has 0 bridgehead atoms. The maximum absolute atomic E-state index is 12.2. The molecule has 3 nitrogen and oxygen atoms in total. The lowest BCUT2D eigenvalue weighted by Crippen LogP contribution is -2.07. The van der Waals surface area contributed by atoms with E-state index in [-0.39, 0.29) is 12.6 Å². The van der Waals surface area contributed by atoms with Crippen LogP contribution in [0, 0.1) is 0 Å². The zero-order chi connectivity index (χ0) is 15.4. The molecular weight excluding hydrogens is 276 g/mol. The molecule has 0 N–H and O–H groups in total. The molecule has 0 saturated carbocycles. The molecule has 0 spiro atoms. The van der Waals surface area contributed by atoms with Crippen LogP contribution >= 0.6 is 0 Å². The molecule has 3 rings (SSSR count). The molecule has 3 aromatic rings. The van der Waals surface area contributed by atoms with Gasteiger partial charge in [-0.2, -0.15) is 0 Å². The van der Waals surface area contributed by atoms with Gasteiger partial charge in [-0.25, -0.2) is 4.79 Å². The molecule has 0 atom stereocenters. The molecule has 0 radical (unpaired) electrons. The van der Waals surface area contributed by atoms with Gasteiger partial charge in [-0.3, -0.25) is 0 Å². The third-order valence-corrected chi connectivity index (χ3v) is 3.57. The number of rotatable bonds is 4. The molecular formula is C19H16O3. The SMILES string of the molecule is COc1ccccc1C(=O)OCc1cccc2ccccc12. The van der Waals surface area contributed by atoms with Gasteiger partial charge in [-0.05, 0) is 28.5 Å². The summed E-state index contributed by atoms with van der Waals surface area (Å²) in [4.78, 5) is 12.2. The predicted molar refractivity (Wildman–Crippen MR) is 86.1 cm³/mol. The third-order valence-electron chi connectivity index (χ3n) is 3.57. The van der Waals surface area contributed by atoms with E-state index in [1.54, 1.807) is 18.2 Å². The quantitative estimate of drug-likeness (QED) is 0.676. The maximum atomic E-state index is 12.2. The van der Waals surface area contributed by atoms with E-state index < -0.39 is 0 Å². The maximum Gasteiger partial charge on any atom is 0.342 e. The number of fused-ring (bicyclic) bond motifs is 1. The molecule has 0 aliphatic rings. The number of para-hydroxylation sites is 1. The number of hydrogen-bond donors (Lipinski definition) is 0. The van der Waals surface area contributed by atoms with Gasteiger partial charge in [0.15, 0.2) is 0 Å². The second-order valence-electron chi connectivity index (χ2n) is 4.91. The van der Waals surface area contributed by atoms with Crippen molar-refractivity contribution in [2.75, 3.05) is 7.11 Å². The summed E-state index contributed by atoms with van der Waals surface area (Å²) in [7, 11) is 1.54. The Labute approximate surface area is 129 Å². The average Bonchev–Trinajstić information content (AvgIpc) is 2.59. The summed E-state index contributed by atoms with van der Waals surface area (Å²) in [6, 6.07) is 21.1. The average molecular weight is 292 g/mol. The van der Waals surface area contributed by atoms with Crippen molar-refractivity contribution in [3.8, 4) is 5.75 Å². The molecule has 0 aromatic heterocycles. The molecule has 3 aromatic carbocycles. The minimum Gasteiger partial charge on any atom is -0.496 e. The zero-order valence-corrected chi connectivity index (χ0v) is 12.3. The first-order valence-electron chi connectivity index (χ1n) is 7.06. The van der Waals surface area contributed by atoms with Gasteiger partial charge in [0.25, 0.3) is 0 Å². The van der Waals surface area contributed by atoms with Crippen molar-refractivity contribution in [2.24, 2.45) is 0 Å². The van der Waals surface area contributed by atoms with Gasteiger partial charge < -0.3 is 9.47 Å². The van der Waals surface area contributed by atoms with Crippen LogP contribution in [-0.2, 0) is 11.3 Å². The van der Waals surface area contributed by atoms with Gasteiger partial charge in [0.05, 0.1) is 7.11 Å². The van der Waals surface area contributed by atoms with Crippen LogP contribution in [0.4, 0.5) is 0 Å². The van der Waals surface area contributed by atoms with E-state index in [4.69, 9.17) is 9.47 Å². The summed E-state index contributed by atoms with van der Waals surface area (Å²) >= 11 is 0. The van der Waals surface area contributed by atoms with E-state index in [0.717, 1.165) is 16.3 Å². The Hall–Kier alpha value is -2.81. The molecule has 0 amide bonds. The molecule has 0 fully saturated rings. The van der Waals surface area contributed by atoms with Crippen molar-refractivity contribution in [3.05, 3.63) is 77.9 Å². The number of hydrogen-bond acceptors (Lipinski definition) is 3. The van der Waals surface area contributed by atoms with Crippen LogP contribution in [-0.4, -0.2) is 13.1 Å². The third kappa shape index (κ3) is 2.79. The minimum absolute atomic E-state index is 0.234. The number of benzene rings is 3. The molecule has 3 heteroatoms. The minimum atomic E-state index is -0.384. The lowest BCUT2D eigenvalue weighted by Gasteiger charge is -2.10. The van der Waals surface area contributed by atoms with Crippen molar-refractivity contribution in [2.45, 2.75) is 6.61 Å². The number of methoxy groups -OCH3 is 1. The Bertz CT molecular complexity index is 803. The second-order valence-corrected chi connectivity index (χ2v) is 4.91.